The average Bonchev–Trinajstić information content (AvgIpc) is 2.50. The van der Waals surface area contributed by atoms with Gasteiger partial charge in [0.15, 0.2) is 0 Å². The summed E-state index contributed by atoms with van der Waals surface area (Å²) in [5, 5.41) is 3.98. The molecule has 1 aromatic heterocycles. The van der Waals surface area contributed by atoms with Crippen molar-refractivity contribution in [1.82, 2.24) is 10.3 Å². The number of nitrogen functional groups attached to an aromatic ring is 1. The lowest BCUT2D eigenvalue weighted by Gasteiger charge is -2.20. The van der Waals surface area contributed by atoms with E-state index in [2.05, 4.69) is 17.2 Å². The summed E-state index contributed by atoms with van der Waals surface area (Å²) in [7, 11) is 0. The lowest BCUT2D eigenvalue weighted by Crippen LogP contribution is -2.24. The SMILES string of the molecule is CCNC(CCOc1ccccc1)c1cc(Cl)cnc1N. The molecule has 0 aliphatic rings. The predicted molar refractivity (Wildman–Crippen MR) is 86.6 cm³/mol. The number of nitrogens with one attached hydrogen (secondary N) is 1. The molecule has 1 atom stereocenters. The number of rotatable bonds is 7. The van der Waals surface area contributed by atoms with Crippen molar-refractivity contribution >= 4 is 17.4 Å². The first-order valence-corrected chi connectivity index (χ1v) is 7.40. The van der Waals surface area contributed by atoms with Gasteiger partial charge < -0.3 is 15.8 Å². The Morgan fingerprint density at radius 2 is 2.10 bits per heavy atom. The lowest BCUT2D eigenvalue weighted by atomic mass is 10.1. The van der Waals surface area contributed by atoms with Gasteiger partial charge in [-0.25, -0.2) is 4.98 Å². The molecule has 0 aliphatic heterocycles. The summed E-state index contributed by atoms with van der Waals surface area (Å²) < 4.78 is 5.74. The third-order valence-corrected chi connectivity index (χ3v) is 3.37. The van der Waals surface area contributed by atoms with E-state index in [9.17, 15) is 0 Å². The van der Waals surface area contributed by atoms with E-state index in [-0.39, 0.29) is 6.04 Å². The van der Waals surface area contributed by atoms with E-state index in [4.69, 9.17) is 22.1 Å². The largest absolute Gasteiger partial charge is 0.494 e. The average molecular weight is 306 g/mol. The van der Waals surface area contributed by atoms with Crippen molar-refractivity contribution in [2.45, 2.75) is 19.4 Å². The van der Waals surface area contributed by atoms with Crippen molar-refractivity contribution in [3.63, 3.8) is 0 Å². The molecule has 3 N–H and O–H groups in total. The zero-order valence-corrected chi connectivity index (χ0v) is 12.8. The molecule has 0 aliphatic carbocycles. The second-order valence-corrected chi connectivity index (χ2v) is 5.12. The Hall–Kier alpha value is -1.78. The summed E-state index contributed by atoms with van der Waals surface area (Å²) in [4.78, 5) is 4.11. The van der Waals surface area contributed by atoms with E-state index in [1.54, 1.807) is 6.20 Å². The van der Waals surface area contributed by atoms with Crippen molar-refractivity contribution in [2.75, 3.05) is 18.9 Å². The molecule has 0 bridgehead atoms. The number of anilines is 1. The molecule has 2 aromatic rings. The number of nitrogens with two attached hydrogens (primary N) is 1. The van der Waals surface area contributed by atoms with Crippen LogP contribution >= 0.6 is 11.6 Å². The van der Waals surface area contributed by atoms with E-state index in [0.717, 1.165) is 24.3 Å². The Labute approximate surface area is 130 Å². The zero-order chi connectivity index (χ0) is 15.1. The first-order valence-electron chi connectivity index (χ1n) is 7.03. The van der Waals surface area contributed by atoms with E-state index < -0.39 is 0 Å². The highest BCUT2D eigenvalue weighted by atomic mass is 35.5. The smallest absolute Gasteiger partial charge is 0.128 e. The fraction of sp³-hybridized carbons (Fsp3) is 0.312. The summed E-state index contributed by atoms with van der Waals surface area (Å²) >= 11 is 6.01. The van der Waals surface area contributed by atoms with Crippen LogP contribution < -0.4 is 15.8 Å². The molecule has 0 spiro atoms. The molecular formula is C16H20ClN3O. The van der Waals surface area contributed by atoms with E-state index >= 15 is 0 Å². The van der Waals surface area contributed by atoms with Crippen molar-refractivity contribution < 1.29 is 4.74 Å². The number of aromatic nitrogens is 1. The number of hydrogen-bond acceptors (Lipinski definition) is 4. The number of benzene rings is 1. The molecule has 1 heterocycles. The van der Waals surface area contributed by atoms with Crippen LogP contribution in [0.2, 0.25) is 5.02 Å². The van der Waals surface area contributed by atoms with Crippen LogP contribution in [-0.4, -0.2) is 18.1 Å². The highest BCUT2D eigenvalue weighted by Crippen LogP contribution is 2.25. The highest BCUT2D eigenvalue weighted by Gasteiger charge is 2.15. The predicted octanol–water partition coefficient (Wildman–Crippen LogP) is 3.44. The molecule has 21 heavy (non-hydrogen) atoms. The van der Waals surface area contributed by atoms with Gasteiger partial charge in [0.05, 0.1) is 11.6 Å². The molecule has 4 nitrogen and oxygen atoms in total. The minimum Gasteiger partial charge on any atom is -0.494 e. The summed E-state index contributed by atoms with van der Waals surface area (Å²) in [6.07, 6.45) is 2.35. The van der Waals surface area contributed by atoms with Crippen molar-refractivity contribution in [3.8, 4) is 5.75 Å². The van der Waals surface area contributed by atoms with Crippen LogP contribution in [0.15, 0.2) is 42.6 Å². The Bertz CT molecular complexity index is 563. The van der Waals surface area contributed by atoms with Gasteiger partial charge in [-0.15, -0.1) is 0 Å². The summed E-state index contributed by atoms with van der Waals surface area (Å²) in [6, 6.07) is 11.7. The molecule has 1 aromatic carbocycles. The number of nitrogens with zero attached hydrogens (tertiary/aromatic N) is 1. The lowest BCUT2D eigenvalue weighted by molar-refractivity contribution is 0.287. The highest BCUT2D eigenvalue weighted by molar-refractivity contribution is 6.30. The van der Waals surface area contributed by atoms with Gasteiger partial charge in [-0.05, 0) is 24.7 Å². The topological polar surface area (TPSA) is 60.2 Å². The van der Waals surface area contributed by atoms with Crippen LogP contribution in [0.3, 0.4) is 0 Å². The second-order valence-electron chi connectivity index (χ2n) is 4.69. The third kappa shape index (κ3) is 4.62. The fourth-order valence-electron chi connectivity index (χ4n) is 2.17. The second kappa shape index (κ2) is 7.86. The normalized spacial score (nSPS) is 12.1. The van der Waals surface area contributed by atoms with Crippen LogP contribution in [-0.2, 0) is 0 Å². The first kappa shape index (κ1) is 15.6. The van der Waals surface area contributed by atoms with Gasteiger partial charge in [0.2, 0.25) is 0 Å². The molecular weight excluding hydrogens is 286 g/mol. The van der Waals surface area contributed by atoms with Gasteiger partial charge in [0.25, 0.3) is 0 Å². The number of pyridine rings is 1. The number of ether oxygens (including phenoxy) is 1. The van der Waals surface area contributed by atoms with E-state index in [1.807, 2.05) is 36.4 Å². The van der Waals surface area contributed by atoms with Gasteiger partial charge in [0.1, 0.15) is 11.6 Å². The molecule has 112 valence electrons. The fourth-order valence-corrected chi connectivity index (χ4v) is 2.34. The van der Waals surface area contributed by atoms with Crippen LogP contribution in [0.4, 0.5) is 5.82 Å². The van der Waals surface area contributed by atoms with Gasteiger partial charge in [-0.1, -0.05) is 36.7 Å². The Morgan fingerprint density at radius 1 is 1.33 bits per heavy atom. The van der Waals surface area contributed by atoms with Crippen LogP contribution in [0.1, 0.15) is 24.9 Å². The van der Waals surface area contributed by atoms with Crippen LogP contribution in [0, 0.1) is 0 Å². The van der Waals surface area contributed by atoms with Crippen molar-refractivity contribution in [1.29, 1.82) is 0 Å². The Morgan fingerprint density at radius 3 is 2.81 bits per heavy atom. The summed E-state index contributed by atoms with van der Waals surface area (Å²) in [5.74, 6) is 1.37. The zero-order valence-electron chi connectivity index (χ0n) is 12.1. The van der Waals surface area contributed by atoms with E-state index in [0.29, 0.717) is 17.4 Å². The maximum absolute atomic E-state index is 6.01. The minimum atomic E-state index is 0.0740. The monoisotopic (exact) mass is 305 g/mol. The molecule has 1 unspecified atom stereocenters. The van der Waals surface area contributed by atoms with Crippen molar-refractivity contribution in [2.24, 2.45) is 0 Å². The standard InChI is InChI=1S/C16H20ClN3O/c1-2-19-15(14-10-12(17)11-20-16(14)18)8-9-21-13-6-4-3-5-7-13/h3-7,10-11,15,19H,2,8-9H2,1H3,(H2,18,20). The molecule has 0 fully saturated rings. The number of hydrogen-bond donors (Lipinski definition) is 2. The van der Waals surface area contributed by atoms with Crippen LogP contribution in [0.5, 0.6) is 5.75 Å². The van der Waals surface area contributed by atoms with Gasteiger partial charge in [0, 0.05) is 24.2 Å². The molecule has 0 radical (unpaired) electrons. The van der Waals surface area contributed by atoms with Crippen LogP contribution in [0.25, 0.3) is 0 Å². The maximum atomic E-state index is 6.01. The Kier molecular flexibility index (Phi) is 5.84. The molecule has 0 saturated carbocycles. The first-order chi connectivity index (χ1) is 10.2. The molecule has 0 saturated heterocycles. The van der Waals surface area contributed by atoms with Gasteiger partial charge in [-0.3, -0.25) is 0 Å². The number of para-hydroxylation sites is 1. The van der Waals surface area contributed by atoms with E-state index in [1.165, 1.54) is 0 Å². The molecule has 5 heteroatoms. The molecule has 0 amide bonds. The van der Waals surface area contributed by atoms with Gasteiger partial charge in [-0.2, -0.15) is 0 Å². The Balaban J connectivity index is 2.00. The summed E-state index contributed by atoms with van der Waals surface area (Å²) in [5.41, 5.74) is 6.87. The minimum absolute atomic E-state index is 0.0740. The third-order valence-electron chi connectivity index (χ3n) is 3.16. The van der Waals surface area contributed by atoms with Gasteiger partial charge >= 0.3 is 0 Å². The van der Waals surface area contributed by atoms with Crippen molar-refractivity contribution in [3.05, 3.63) is 53.2 Å². The maximum Gasteiger partial charge on any atom is 0.128 e. The quantitative estimate of drug-likeness (QED) is 0.822. The summed E-state index contributed by atoms with van der Waals surface area (Å²) in [6.45, 7) is 3.48. The molecule has 2 rings (SSSR count). The number of halogens is 1.